The van der Waals surface area contributed by atoms with E-state index in [1.807, 2.05) is 19.6 Å². The maximum absolute atomic E-state index is 10.4. The molecule has 2 saturated carbocycles. The van der Waals surface area contributed by atoms with Crippen LogP contribution in [0.2, 0.25) is 0 Å². The van der Waals surface area contributed by atoms with Gasteiger partial charge in [0, 0.05) is 10.8 Å². The van der Waals surface area contributed by atoms with E-state index in [4.69, 9.17) is 5.73 Å². The molecule has 5 nitrogen and oxygen atoms in total. The summed E-state index contributed by atoms with van der Waals surface area (Å²) in [5.41, 5.74) is 7.72. The highest BCUT2D eigenvalue weighted by Gasteiger charge is 2.53. The Bertz CT molecular complexity index is 862. The van der Waals surface area contributed by atoms with Crippen LogP contribution >= 0.6 is 19.5 Å². The molecule has 0 atom stereocenters. The molecule has 4 rings (SSSR count). The Kier molecular flexibility index (Phi) is 4.25. The number of nitrogen functional groups attached to an aromatic ring is 1. The molecule has 0 aliphatic heterocycles. The van der Waals surface area contributed by atoms with E-state index in [0.29, 0.717) is 11.6 Å². The van der Waals surface area contributed by atoms with Crippen molar-refractivity contribution >= 4 is 41.6 Å². The van der Waals surface area contributed by atoms with Crippen LogP contribution in [-0.2, 0) is 0 Å². The fourth-order valence-corrected chi connectivity index (χ4v) is 6.27. The van der Waals surface area contributed by atoms with Crippen molar-refractivity contribution in [3.63, 3.8) is 0 Å². The summed E-state index contributed by atoms with van der Waals surface area (Å²) in [5, 5.41) is 25.9. The Morgan fingerprint density at radius 3 is 2.62 bits per heavy atom. The summed E-state index contributed by atoms with van der Waals surface area (Å²) in [6.07, 6.45) is 4.50. The van der Waals surface area contributed by atoms with Crippen LogP contribution in [0, 0.1) is 13.8 Å². The number of hydrogen-bond donors (Lipinski definition) is 4. The Labute approximate surface area is 159 Å². The van der Waals surface area contributed by atoms with Crippen molar-refractivity contribution in [2.45, 2.75) is 57.1 Å². The van der Waals surface area contributed by atoms with Gasteiger partial charge in [0.25, 0.3) is 0 Å². The number of rotatable bonds is 4. The Hall–Kier alpha value is -1.62. The van der Waals surface area contributed by atoms with Crippen molar-refractivity contribution in [1.29, 1.82) is 0 Å². The second kappa shape index (κ2) is 6.22. The number of aryl methyl sites for hydroxylation is 2. The topological polar surface area (TPSA) is 91.4 Å². The summed E-state index contributed by atoms with van der Waals surface area (Å²) in [6.45, 7) is 3.98. The van der Waals surface area contributed by atoms with E-state index >= 15 is 0 Å². The summed E-state index contributed by atoms with van der Waals surface area (Å²) < 4.78 is 0. The molecule has 0 unspecified atom stereocenters. The molecule has 7 heteroatoms. The normalized spacial score (nSPS) is 27.5. The van der Waals surface area contributed by atoms with Gasteiger partial charge in [-0.05, 0) is 68.9 Å². The van der Waals surface area contributed by atoms with Gasteiger partial charge in [-0.3, -0.25) is 0 Å². The molecular weight excluding hydrogens is 365 g/mol. The van der Waals surface area contributed by atoms with Crippen molar-refractivity contribution in [2.24, 2.45) is 0 Å². The molecule has 0 radical (unpaired) electrons. The number of aromatic hydroxyl groups is 1. The van der Waals surface area contributed by atoms with Crippen molar-refractivity contribution in [3.8, 4) is 5.75 Å². The summed E-state index contributed by atoms with van der Waals surface area (Å²) in [6, 6.07) is 3.85. The number of aromatic nitrogens is 1. The lowest BCUT2D eigenvalue weighted by atomic mass is 9.93. The van der Waals surface area contributed by atoms with Gasteiger partial charge in [-0.1, -0.05) is 25.6 Å². The van der Waals surface area contributed by atoms with Gasteiger partial charge in [-0.25, -0.2) is 4.98 Å². The number of nitrogens with one attached hydrogen (secondary N) is 1. The van der Waals surface area contributed by atoms with Gasteiger partial charge in [-0.15, -0.1) is 0 Å². The van der Waals surface area contributed by atoms with Gasteiger partial charge >= 0.3 is 0 Å². The van der Waals surface area contributed by atoms with Crippen LogP contribution in [0.4, 0.5) is 10.9 Å². The average molecular weight is 389 g/mol. The van der Waals surface area contributed by atoms with Crippen molar-refractivity contribution in [1.82, 2.24) is 4.98 Å². The molecule has 1 aromatic carbocycles. The number of phenolic OH excluding ortho intramolecular Hbond substituents is 1. The predicted octanol–water partition coefficient (Wildman–Crippen LogP) is 3.33. The molecule has 2 aromatic rings. The van der Waals surface area contributed by atoms with E-state index in [1.165, 1.54) is 11.3 Å². The first-order chi connectivity index (χ1) is 12.3. The smallest absolute Gasteiger partial charge is 0.185 e. The molecule has 0 saturated heterocycles. The number of anilines is 2. The molecule has 5 N–H and O–H groups in total. The number of nitrogens with zero attached hydrogens (tertiary/aromatic N) is 1. The third kappa shape index (κ3) is 3.22. The zero-order chi connectivity index (χ0) is 18.5. The average Bonchev–Trinajstić information content (AvgIpc) is 3.17. The molecule has 2 bridgehead atoms. The van der Waals surface area contributed by atoms with Gasteiger partial charge < -0.3 is 21.3 Å². The fraction of sp³-hybridized carbons (Fsp3) is 0.474. The molecule has 0 amide bonds. The van der Waals surface area contributed by atoms with Crippen LogP contribution in [0.3, 0.4) is 0 Å². The van der Waals surface area contributed by atoms with E-state index in [2.05, 4.69) is 16.4 Å². The molecule has 2 aliphatic carbocycles. The minimum absolute atomic E-state index is 0.0279. The monoisotopic (exact) mass is 389 g/mol. The number of fused-ring (bicyclic) bond motifs is 2. The summed E-state index contributed by atoms with van der Waals surface area (Å²) in [4.78, 5) is 5.40. The molecule has 0 spiro atoms. The second-order valence-corrected chi connectivity index (χ2v) is 9.78. The van der Waals surface area contributed by atoms with Crippen molar-refractivity contribution < 1.29 is 10.2 Å². The number of nitrogens with two attached hydrogens (primary N) is 1. The highest BCUT2D eigenvalue weighted by atomic mass is 32.1. The SMILES string of the molecule is Cc1cc(C)c(P=Cc2sc(NC34CCC(O)(CC3)C4)nc2N)c(O)c1. The minimum Gasteiger partial charge on any atom is -0.507 e. The maximum atomic E-state index is 10.4. The zero-order valence-electron chi connectivity index (χ0n) is 15.0. The summed E-state index contributed by atoms with van der Waals surface area (Å²) >= 11 is 1.54. The van der Waals surface area contributed by atoms with Gasteiger partial charge in [0.05, 0.1) is 10.5 Å². The Balaban J connectivity index is 1.54. The van der Waals surface area contributed by atoms with E-state index in [1.54, 1.807) is 6.07 Å². The third-order valence-electron chi connectivity index (χ3n) is 5.59. The van der Waals surface area contributed by atoms with Gasteiger partial charge in [-0.2, -0.15) is 0 Å². The molecule has 138 valence electrons. The minimum atomic E-state index is -0.482. The van der Waals surface area contributed by atoms with Crippen molar-refractivity contribution in [3.05, 3.63) is 28.1 Å². The standard InChI is InChI=1S/C19H24N3O2PS/c1-11-7-12(2)15(13(23)8-11)25-9-14-16(20)21-17(26-14)22-18-3-5-19(24,10-18)6-4-18/h7-9,23-24H,3-6,10,20H2,1-2H3,(H,21,22). The van der Waals surface area contributed by atoms with Crippen LogP contribution in [0.25, 0.3) is 0 Å². The number of hydrogen-bond acceptors (Lipinski definition) is 6. The van der Waals surface area contributed by atoms with Gasteiger partial charge in [0.1, 0.15) is 11.6 Å². The lowest BCUT2D eigenvalue weighted by Crippen LogP contribution is -2.32. The van der Waals surface area contributed by atoms with Gasteiger partial charge in [0.2, 0.25) is 0 Å². The second-order valence-electron chi connectivity index (χ2n) is 7.78. The predicted molar refractivity (Wildman–Crippen MR) is 110 cm³/mol. The first kappa shape index (κ1) is 17.8. The largest absolute Gasteiger partial charge is 0.507 e. The van der Waals surface area contributed by atoms with Crippen molar-refractivity contribution in [2.75, 3.05) is 11.1 Å². The quantitative estimate of drug-likeness (QED) is 0.602. The highest BCUT2D eigenvalue weighted by Crippen LogP contribution is 2.52. The first-order valence-electron chi connectivity index (χ1n) is 8.89. The Morgan fingerprint density at radius 2 is 2.00 bits per heavy atom. The number of thiazole rings is 1. The van der Waals surface area contributed by atoms with Crippen LogP contribution in [0.15, 0.2) is 12.1 Å². The number of aliphatic hydroxyl groups is 1. The van der Waals surface area contributed by atoms with Crippen LogP contribution < -0.4 is 16.4 Å². The Morgan fingerprint density at radius 1 is 1.27 bits per heavy atom. The van der Waals surface area contributed by atoms with Gasteiger partial charge in [0.15, 0.2) is 5.13 Å². The number of benzene rings is 1. The lowest BCUT2D eigenvalue weighted by Gasteiger charge is -2.27. The lowest BCUT2D eigenvalue weighted by molar-refractivity contribution is 0.0521. The number of phenols is 1. The molecule has 1 heterocycles. The van der Waals surface area contributed by atoms with Crippen LogP contribution in [0.1, 0.15) is 48.1 Å². The summed E-state index contributed by atoms with van der Waals surface area (Å²) in [5.74, 6) is 2.83. The molecule has 1 aromatic heterocycles. The molecule has 2 aliphatic rings. The van der Waals surface area contributed by atoms with Crippen LogP contribution in [-0.4, -0.2) is 32.1 Å². The maximum Gasteiger partial charge on any atom is 0.185 e. The highest BCUT2D eigenvalue weighted by molar-refractivity contribution is 7.49. The van der Waals surface area contributed by atoms with Crippen LogP contribution in [0.5, 0.6) is 5.75 Å². The molecule has 2 fully saturated rings. The fourth-order valence-electron chi connectivity index (χ4n) is 4.29. The summed E-state index contributed by atoms with van der Waals surface area (Å²) in [7, 11) is 0.902. The van der Waals surface area contributed by atoms with E-state index in [9.17, 15) is 10.2 Å². The van der Waals surface area contributed by atoms with E-state index < -0.39 is 5.60 Å². The first-order valence-corrected chi connectivity index (χ1v) is 10.7. The molecular formula is C19H24N3O2PS. The third-order valence-corrected chi connectivity index (χ3v) is 7.93. The molecule has 26 heavy (non-hydrogen) atoms. The zero-order valence-corrected chi connectivity index (χ0v) is 16.8. The van der Waals surface area contributed by atoms with E-state index in [-0.39, 0.29) is 5.54 Å². The van der Waals surface area contributed by atoms with E-state index in [0.717, 1.165) is 66.7 Å².